The van der Waals surface area contributed by atoms with Crippen LogP contribution in [0.3, 0.4) is 0 Å². The third kappa shape index (κ3) is 3.75. The summed E-state index contributed by atoms with van der Waals surface area (Å²) < 4.78 is 5.70. The van der Waals surface area contributed by atoms with Crippen molar-refractivity contribution in [3.05, 3.63) is 88.2 Å². The van der Waals surface area contributed by atoms with E-state index in [2.05, 4.69) is 15.3 Å². The fourth-order valence-electron chi connectivity index (χ4n) is 2.92. The van der Waals surface area contributed by atoms with Crippen molar-refractivity contribution in [1.82, 2.24) is 9.97 Å². The Balaban J connectivity index is 1.64. The topological polar surface area (TPSA) is 114 Å². The molecule has 0 radical (unpaired) electrons. The smallest absolute Gasteiger partial charge is 0.296 e. The van der Waals surface area contributed by atoms with Crippen LogP contribution in [0.25, 0.3) is 11.1 Å². The van der Waals surface area contributed by atoms with E-state index in [1.165, 1.54) is 18.2 Å². The summed E-state index contributed by atoms with van der Waals surface area (Å²) in [6.07, 6.45) is 2.28. The molecule has 0 bridgehead atoms. The Bertz CT molecular complexity index is 1110. The second kappa shape index (κ2) is 7.36. The zero-order valence-corrected chi connectivity index (χ0v) is 14.6. The van der Waals surface area contributed by atoms with Crippen LogP contribution in [-0.4, -0.2) is 20.0 Å². The number of aromatic nitrogens is 2. The maximum absolute atomic E-state index is 10.9. The van der Waals surface area contributed by atoms with Gasteiger partial charge in [0.2, 0.25) is 0 Å². The number of anilines is 1. The molecule has 4 aromatic rings. The number of aromatic hydroxyl groups is 1. The number of nitro groups is 1. The van der Waals surface area contributed by atoms with Crippen LogP contribution in [-0.2, 0) is 6.42 Å². The quantitative estimate of drug-likeness (QED) is 0.382. The molecule has 8 nitrogen and oxygen atoms in total. The van der Waals surface area contributed by atoms with Crippen LogP contribution in [0.15, 0.2) is 71.3 Å². The van der Waals surface area contributed by atoms with Crippen LogP contribution in [0.5, 0.6) is 5.75 Å². The molecule has 4 rings (SSSR count). The lowest BCUT2D eigenvalue weighted by atomic mass is 10.0. The summed E-state index contributed by atoms with van der Waals surface area (Å²) in [5.41, 5.74) is 2.60. The van der Waals surface area contributed by atoms with Crippen molar-refractivity contribution in [1.29, 1.82) is 0 Å². The number of pyridine rings is 1. The molecule has 0 fully saturated rings. The van der Waals surface area contributed by atoms with Gasteiger partial charge in [0.15, 0.2) is 5.58 Å². The van der Waals surface area contributed by atoms with Crippen molar-refractivity contribution in [2.45, 2.75) is 12.5 Å². The second-order valence-corrected chi connectivity index (χ2v) is 6.25. The lowest BCUT2D eigenvalue weighted by Gasteiger charge is -2.17. The second-order valence-electron chi connectivity index (χ2n) is 6.25. The zero-order chi connectivity index (χ0) is 19.5. The zero-order valence-electron chi connectivity index (χ0n) is 14.6. The van der Waals surface area contributed by atoms with E-state index in [0.29, 0.717) is 17.5 Å². The van der Waals surface area contributed by atoms with Gasteiger partial charge in [-0.15, -0.1) is 0 Å². The first kappa shape index (κ1) is 17.5. The van der Waals surface area contributed by atoms with Gasteiger partial charge in [-0.3, -0.25) is 15.1 Å². The summed E-state index contributed by atoms with van der Waals surface area (Å²) in [6, 6.07) is 16.8. The van der Waals surface area contributed by atoms with Crippen LogP contribution in [0.4, 0.5) is 11.7 Å². The highest BCUT2D eigenvalue weighted by molar-refractivity contribution is 5.77. The standard InChI is InChI=1S/C20H16N4O4/c25-15-7-4-13(5-8-15)11-17(16-3-1-2-10-21-16)22-20-23-18-12-14(24(26)27)6-9-19(18)28-20/h1-10,12,17,25H,11H2,(H,22,23). The van der Waals surface area contributed by atoms with E-state index in [0.717, 1.165) is 11.3 Å². The summed E-state index contributed by atoms with van der Waals surface area (Å²) in [5.74, 6) is 0.201. The molecule has 0 aliphatic carbocycles. The Morgan fingerprint density at radius 3 is 2.68 bits per heavy atom. The van der Waals surface area contributed by atoms with E-state index >= 15 is 0 Å². The molecule has 8 heteroatoms. The van der Waals surface area contributed by atoms with Crippen molar-refractivity contribution in [3.63, 3.8) is 0 Å². The number of nitrogens with zero attached hydrogens (tertiary/aromatic N) is 3. The van der Waals surface area contributed by atoms with E-state index in [9.17, 15) is 15.2 Å². The number of nitrogens with one attached hydrogen (secondary N) is 1. The minimum atomic E-state index is -0.470. The Kier molecular flexibility index (Phi) is 4.59. The van der Waals surface area contributed by atoms with Gasteiger partial charge in [-0.25, -0.2) is 0 Å². The molecule has 2 aromatic carbocycles. The van der Waals surface area contributed by atoms with E-state index < -0.39 is 4.92 Å². The van der Waals surface area contributed by atoms with Gasteiger partial charge in [0, 0.05) is 18.3 Å². The Morgan fingerprint density at radius 2 is 1.96 bits per heavy atom. The number of phenolic OH excluding ortho intramolecular Hbond substituents is 1. The van der Waals surface area contributed by atoms with Gasteiger partial charge in [0.25, 0.3) is 11.7 Å². The van der Waals surface area contributed by atoms with Gasteiger partial charge in [-0.2, -0.15) is 4.98 Å². The Morgan fingerprint density at radius 1 is 1.14 bits per heavy atom. The molecule has 0 spiro atoms. The predicted molar refractivity (Wildman–Crippen MR) is 103 cm³/mol. The van der Waals surface area contributed by atoms with E-state index in [4.69, 9.17) is 4.42 Å². The fraction of sp³-hybridized carbons (Fsp3) is 0.100. The number of nitro benzene ring substituents is 1. The van der Waals surface area contributed by atoms with Gasteiger partial charge in [-0.1, -0.05) is 18.2 Å². The van der Waals surface area contributed by atoms with Gasteiger partial charge >= 0.3 is 0 Å². The van der Waals surface area contributed by atoms with E-state index in [1.54, 1.807) is 18.3 Å². The molecular weight excluding hydrogens is 360 g/mol. The monoisotopic (exact) mass is 376 g/mol. The molecule has 0 aliphatic rings. The van der Waals surface area contributed by atoms with Gasteiger partial charge < -0.3 is 14.8 Å². The van der Waals surface area contributed by atoms with Crippen LogP contribution in [0.2, 0.25) is 0 Å². The third-order valence-corrected chi connectivity index (χ3v) is 4.30. The molecule has 2 heterocycles. The molecule has 1 unspecified atom stereocenters. The first-order valence-corrected chi connectivity index (χ1v) is 8.59. The van der Waals surface area contributed by atoms with Crippen LogP contribution in [0.1, 0.15) is 17.3 Å². The normalized spacial score (nSPS) is 12.0. The van der Waals surface area contributed by atoms with Crippen LogP contribution >= 0.6 is 0 Å². The first-order chi connectivity index (χ1) is 13.6. The van der Waals surface area contributed by atoms with Crippen molar-refractivity contribution >= 4 is 22.8 Å². The van der Waals surface area contributed by atoms with Crippen molar-refractivity contribution in [2.75, 3.05) is 5.32 Å². The molecule has 2 aromatic heterocycles. The maximum Gasteiger partial charge on any atom is 0.296 e. The Hall–Kier alpha value is -3.94. The number of non-ortho nitro benzene ring substituents is 1. The lowest BCUT2D eigenvalue weighted by Crippen LogP contribution is -2.15. The first-order valence-electron chi connectivity index (χ1n) is 8.59. The van der Waals surface area contributed by atoms with Crippen molar-refractivity contribution in [3.8, 4) is 5.75 Å². The maximum atomic E-state index is 10.9. The fourth-order valence-corrected chi connectivity index (χ4v) is 2.92. The molecular formula is C20H16N4O4. The number of fused-ring (bicyclic) bond motifs is 1. The minimum Gasteiger partial charge on any atom is -0.508 e. The molecule has 0 amide bonds. The number of oxazole rings is 1. The average Bonchev–Trinajstić information content (AvgIpc) is 3.11. The van der Waals surface area contributed by atoms with Crippen molar-refractivity contribution < 1.29 is 14.4 Å². The minimum absolute atomic E-state index is 0.0438. The SMILES string of the molecule is O=[N+]([O-])c1ccc2oc(NC(Cc3ccc(O)cc3)c3ccccn3)nc2c1. The molecule has 0 saturated carbocycles. The highest BCUT2D eigenvalue weighted by Gasteiger charge is 2.18. The molecule has 28 heavy (non-hydrogen) atoms. The van der Waals surface area contributed by atoms with Gasteiger partial charge in [0.05, 0.1) is 16.7 Å². The highest BCUT2D eigenvalue weighted by atomic mass is 16.6. The molecule has 0 saturated heterocycles. The summed E-state index contributed by atoms with van der Waals surface area (Å²) in [7, 11) is 0. The largest absolute Gasteiger partial charge is 0.508 e. The summed E-state index contributed by atoms with van der Waals surface area (Å²) >= 11 is 0. The number of hydrogen-bond donors (Lipinski definition) is 2. The summed E-state index contributed by atoms with van der Waals surface area (Å²) in [5, 5.41) is 23.7. The Labute approximate surface area is 159 Å². The molecule has 140 valence electrons. The molecule has 2 N–H and O–H groups in total. The lowest BCUT2D eigenvalue weighted by molar-refractivity contribution is -0.384. The van der Waals surface area contributed by atoms with Crippen LogP contribution in [0, 0.1) is 10.1 Å². The summed E-state index contributed by atoms with van der Waals surface area (Å²) in [4.78, 5) is 19.2. The predicted octanol–water partition coefficient (Wildman–Crippen LogP) is 4.23. The number of hydrogen-bond acceptors (Lipinski definition) is 7. The number of phenols is 1. The molecule has 0 aliphatic heterocycles. The molecule has 1 atom stereocenters. The van der Waals surface area contributed by atoms with Crippen molar-refractivity contribution in [2.24, 2.45) is 0 Å². The van der Waals surface area contributed by atoms with Gasteiger partial charge in [-0.05, 0) is 42.3 Å². The number of rotatable bonds is 6. The summed E-state index contributed by atoms with van der Waals surface area (Å²) in [6.45, 7) is 0. The van der Waals surface area contributed by atoms with E-state index in [1.807, 2.05) is 30.3 Å². The van der Waals surface area contributed by atoms with Crippen LogP contribution < -0.4 is 5.32 Å². The number of benzene rings is 2. The van der Waals surface area contributed by atoms with E-state index in [-0.39, 0.29) is 23.5 Å². The highest BCUT2D eigenvalue weighted by Crippen LogP contribution is 2.27. The van der Waals surface area contributed by atoms with Gasteiger partial charge in [0.1, 0.15) is 11.3 Å². The third-order valence-electron chi connectivity index (χ3n) is 4.30. The average molecular weight is 376 g/mol.